The molecular weight excluding hydrogens is 428 g/mol. The minimum absolute atomic E-state index is 0.0549. The van der Waals surface area contributed by atoms with Crippen molar-refractivity contribution in [2.24, 2.45) is 0 Å². The first kappa shape index (κ1) is 21.9. The van der Waals surface area contributed by atoms with Crippen LogP contribution in [-0.2, 0) is 4.74 Å². The van der Waals surface area contributed by atoms with Crippen LogP contribution in [0.4, 0.5) is 0 Å². The second kappa shape index (κ2) is 8.30. The average molecular weight is 448 g/mol. The largest absolute Gasteiger partial charge is 0.508 e. The molecule has 11 heteroatoms. The van der Waals surface area contributed by atoms with E-state index in [9.17, 15) is 40.5 Å². The van der Waals surface area contributed by atoms with Crippen LogP contribution < -0.4 is 10.2 Å². The number of aliphatic hydroxyl groups is 4. The van der Waals surface area contributed by atoms with Gasteiger partial charge in [-0.15, -0.1) is 0 Å². The molecule has 0 saturated carbocycles. The molecule has 170 valence electrons. The zero-order chi connectivity index (χ0) is 23.2. The summed E-state index contributed by atoms with van der Waals surface area (Å²) in [7, 11) is 0. The summed E-state index contributed by atoms with van der Waals surface area (Å²) in [5.74, 6) is -1.82. The van der Waals surface area contributed by atoms with Crippen molar-refractivity contribution in [1.82, 2.24) is 0 Å². The first-order valence-electron chi connectivity index (χ1n) is 9.51. The Morgan fingerprint density at radius 1 is 0.906 bits per heavy atom. The molecule has 1 aliphatic heterocycles. The van der Waals surface area contributed by atoms with E-state index in [1.54, 1.807) is 0 Å². The van der Waals surface area contributed by atoms with Crippen LogP contribution in [0.25, 0.3) is 22.3 Å². The van der Waals surface area contributed by atoms with E-state index in [0.29, 0.717) is 0 Å². The summed E-state index contributed by atoms with van der Waals surface area (Å²) in [5.41, 5.74) is -1.03. The maximum Gasteiger partial charge on any atom is 0.238 e. The van der Waals surface area contributed by atoms with Gasteiger partial charge in [-0.1, -0.05) is 0 Å². The van der Waals surface area contributed by atoms with Gasteiger partial charge in [-0.25, -0.2) is 0 Å². The maximum absolute atomic E-state index is 12.8. The molecule has 1 aromatic heterocycles. The van der Waals surface area contributed by atoms with Crippen molar-refractivity contribution < 1.29 is 49.6 Å². The number of phenolic OH excluding ortho intramolecular Hbond substituents is 2. The number of benzene rings is 2. The molecule has 11 nitrogen and oxygen atoms in total. The van der Waals surface area contributed by atoms with Crippen molar-refractivity contribution in [3.05, 3.63) is 46.6 Å². The van der Waals surface area contributed by atoms with Crippen LogP contribution in [0, 0.1) is 0 Å². The molecule has 2 heterocycles. The average Bonchev–Trinajstić information content (AvgIpc) is 2.78. The molecule has 1 aliphatic rings. The number of hydrogen-bond donors (Lipinski definition) is 7. The lowest BCUT2D eigenvalue weighted by atomic mass is 9.99. The molecule has 0 aliphatic carbocycles. The lowest BCUT2D eigenvalue weighted by molar-refractivity contribution is -0.277. The molecule has 0 spiro atoms. The van der Waals surface area contributed by atoms with Crippen molar-refractivity contribution >= 4 is 11.0 Å². The van der Waals surface area contributed by atoms with Gasteiger partial charge in [-0.2, -0.15) is 0 Å². The highest BCUT2D eigenvalue weighted by Gasteiger charge is 2.45. The van der Waals surface area contributed by atoms with E-state index in [4.69, 9.17) is 13.9 Å². The lowest BCUT2D eigenvalue weighted by Crippen LogP contribution is -2.60. The van der Waals surface area contributed by atoms with E-state index in [1.807, 2.05) is 0 Å². The number of rotatable bonds is 4. The summed E-state index contributed by atoms with van der Waals surface area (Å²) >= 11 is 0. The molecular formula is C21H20O11. The Balaban J connectivity index is 1.83. The van der Waals surface area contributed by atoms with Crippen molar-refractivity contribution in [2.75, 3.05) is 6.61 Å². The number of aliphatic hydroxyl groups excluding tert-OH is 4. The first-order valence-corrected chi connectivity index (χ1v) is 9.51. The van der Waals surface area contributed by atoms with Crippen LogP contribution in [0.15, 0.2) is 45.6 Å². The number of ether oxygens (including phenoxy) is 2. The quantitative estimate of drug-likeness (QED) is 0.279. The summed E-state index contributed by atoms with van der Waals surface area (Å²) < 4.78 is 16.5. The predicted molar refractivity (Wildman–Crippen MR) is 107 cm³/mol. The number of hydrogen-bond acceptors (Lipinski definition) is 11. The standard InChI is InChI=1S/C21H20O11/c22-7-12-14(25)16(27)18(29)21(31-12)30-11-6-5-10(24)13-15(26)17(28)19(32-20(11)13)8-1-3-9(23)4-2-8/h1-6,12,14,16,18,21-25,27-29H,7H2. The van der Waals surface area contributed by atoms with Crippen molar-refractivity contribution in [2.45, 2.75) is 30.7 Å². The lowest BCUT2D eigenvalue weighted by Gasteiger charge is -2.39. The molecule has 0 bridgehead atoms. The molecule has 7 N–H and O–H groups in total. The van der Waals surface area contributed by atoms with Gasteiger partial charge in [0.25, 0.3) is 0 Å². The van der Waals surface area contributed by atoms with Gasteiger partial charge in [0, 0.05) is 5.56 Å². The zero-order valence-corrected chi connectivity index (χ0v) is 16.3. The predicted octanol–water partition coefficient (Wildman–Crippen LogP) is -0.245. The summed E-state index contributed by atoms with van der Waals surface area (Å²) in [5, 5.41) is 69.0. The topological polar surface area (TPSA) is 190 Å². The Labute approximate surface area is 179 Å². The third-order valence-corrected chi connectivity index (χ3v) is 5.18. The van der Waals surface area contributed by atoms with E-state index < -0.39 is 59.6 Å². The fourth-order valence-electron chi connectivity index (χ4n) is 3.44. The van der Waals surface area contributed by atoms with Crippen LogP contribution in [0.2, 0.25) is 0 Å². The van der Waals surface area contributed by atoms with Gasteiger partial charge in [0.05, 0.1) is 6.61 Å². The Morgan fingerprint density at radius 3 is 2.25 bits per heavy atom. The number of phenols is 2. The van der Waals surface area contributed by atoms with E-state index in [0.717, 1.165) is 6.07 Å². The van der Waals surface area contributed by atoms with Gasteiger partial charge in [-0.05, 0) is 36.4 Å². The first-order chi connectivity index (χ1) is 15.2. The van der Waals surface area contributed by atoms with Gasteiger partial charge >= 0.3 is 0 Å². The molecule has 0 amide bonds. The highest BCUT2D eigenvalue weighted by atomic mass is 16.7. The minimum atomic E-state index is -1.72. The second-order valence-electron chi connectivity index (χ2n) is 7.26. The zero-order valence-electron chi connectivity index (χ0n) is 16.3. The molecule has 2 aromatic carbocycles. The SMILES string of the molecule is O=c1c(O)c(-c2ccc(O)cc2)oc2c(OC3OC(CO)C(O)C(O)C3O)ccc(O)c12. The van der Waals surface area contributed by atoms with Gasteiger partial charge in [-0.3, -0.25) is 4.79 Å². The van der Waals surface area contributed by atoms with E-state index >= 15 is 0 Å². The van der Waals surface area contributed by atoms with Gasteiger partial charge in [0.1, 0.15) is 41.3 Å². The normalized spacial score (nSPS) is 25.7. The van der Waals surface area contributed by atoms with Crippen LogP contribution >= 0.6 is 0 Å². The Hall–Kier alpha value is -3.35. The number of aromatic hydroxyl groups is 3. The third kappa shape index (κ3) is 3.61. The summed E-state index contributed by atoms with van der Waals surface area (Å²) in [6.45, 7) is -0.672. The smallest absolute Gasteiger partial charge is 0.238 e. The third-order valence-electron chi connectivity index (χ3n) is 5.18. The molecule has 5 atom stereocenters. The molecule has 3 aromatic rings. The van der Waals surface area contributed by atoms with Gasteiger partial charge < -0.3 is 49.6 Å². The fourth-order valence-corrected chi connectivity index (χ4v) is 3.44. The Kier molecular flexibility index (Phi) is 5.67. The monoisotopic (exact) mass is 448 g/mol. The highest BCUT2D eigenvalue weighted by Crippen LogP contribution is 2.38. The van der Waals surface area contributed by atoms with E-state index in [1.165, 1.54) is 30.3 Å². The molecule has 1 saturated heterocycles. The summed E-state index contributed by atoms with van der Waals surface area (Å²) in [6.07, 6.45) is -7.82. The second-order valence-corrected chi connectivity index (χ2v) is 7.26. The van der Waals surface area contributed by atoms with E-state index in [2.05, 4.69) is 0 Å². The molecule has 5 unspecified atom stereocenters. The molecule has 4 rings (SSSR count). The minimum Gasteiger partial charge on any atom is -0.508 e. The molecule has 32 heavy (non-hydrogen) atoms. The van der Waals surface area contributed by atoms with Gasteiger partial charge in [0.15, 0.2) is 17.1 Å². The highest BCUT2D eigenvalue weighted by molar-refractivity contribution is 5.91. The fraction of sp³-hybridized carbons (Fsp3) is 0.286. The van der Waals surface area contributed by atoms with Crippen LogP contribution in [-0.4, -0.2) is 73.1 Å². The van der Waals surface area contributed by atoms with E-state index in [-0.39, 0.29) is 28.4 Å². The Morgan fingerprint density at radius 2 is 1.59 bits per heavy atom. The molecule has 0 radical (unpaired) electrons. The van der Waals surface area contributed by atoms with Crippen molar-refractivity contribution in [3.63, 3.8) is 0 Å². The molecule has 1 fully saturated rings. The summed E-state index contributed by atoms with van der Waals surface area (Å²) in [4.78, 5) is 12.8. The van der Waals surface area contributed by atoms with Crippen LogP contribution in [0.3, 0.4) is 0 Å². The van der Waals surface area contributed by atoms with Crippen LogP contribution in [0.1, 0.15) is 0 Å². The summed E-state index contributed by atoms with van der Waals surface area (Å²) in [6, 6.07) is 7.71. The van der Waals surface area contributed by atoms with Crippen molar-refractivity contribution in [1.29, 1.82) is 0 Å². The van der Waals surface area contributed by atoms with Crippen molar-refractivity contribution in [3.8, 4) is 34.3 Å². The van der Waals surface area contributed by atoms with Crippen LogP contribution in [0.5, 0.6) is 23.0 Å². The Bertz CT molecular complexity index is 1190. The number of fused-ring (bicyclic) bond motifs is 1. The maximum atomic E-state index is 12.8. The van der Waals surface area contributed by atoms with Gasteiger partial charge in [0.2, 0.25) is 17.5 Å².